The molecule has 7 nitrogen and oxygen atoms in total. The first-order valence-electron chi connectivity index (χ1n) is 10.9. The van der Waals surface area contributed by atoms with Gasteiger partial charge in [0.2, 0.25) is 5.91 Å². The average molecular weight is 425 g/mol. The highest BCUT2D eigenvalue weighted by Crippen LogP contribution is 2.26. The molecule has 1 N–H and O–H groups in total. The average Bonchev–Trinajstić information content (AvgIpc) is 2.77. The topological polar surface area (TPSA) is 74.8 Å². The van der Waals surface area contributed by atoms with Gasteiger partial charge >= 0.3 is 0 Å². The molecule has 0 aliphatic carbocycles. The summed E-state index contributed by atoms with van der Waals surface area (Å²) in [7, 11) is 0. The van der Waals surface area contributed by atoms with Crippen LogP contribution >= 0.6 is 0 Å². The van der Waals surface area contributed by atoms with Gasteiger partial charge in [0.05, 0.1) is 6.54 Å². The van der Waals surface area contributed by atoms with Gasteiger partial charge in [0.25, 0.3) is 5.91 Å². The lowest BCUT2D eigenvalue weighted by Gasteiger charge is -2.34. The van der Waals surface area contributed by atoms with Crippen molar-refractivity contribution in [1.29, 1.82) is 0 Å². The number of pyridine rings is 1. The van der Waals surface area contributed by atoms with E-state index in [2.05, 4.69) is 15.2 Å². The molecular weight excluding hydrogens is 392 g/mol. The molecule has 0 unspecified atom stereocenters. The lowest BCUT2D eigenvalue weighted by Crippen LogP contribution is -2.51. The molecule has 166 valence electrons. The van der Waals surface area contributed by atoms with E-state index in [0.717, 1.165) is 28.9 Å². The number of aromatic nitrogens is 1. The summed E-state index contributed by atoms with van der Waals surface area (Å²) in [5.74, 6) is 0.887. The third kappa shape index (κ3) is 6.28. The maximum Gasteiger partial charge on any atom is 0.253 e. The van der Waals surface area contributed by atoms with Crippen LogP contribution in [0.3, 0.4) is 0 Å². The maximum atomic E-state index is 13.0. The van der Waals surface area contributed by atoms with E-state index in [1.165, 1.54) is 0 Å². The van der Waals surface area contributed by atoms with Crippen molar-refractivity contribution in [3.8, 4) is 5.75 Å². The summed E-state index contributed by atoms with van der Waals surface area (Å²) >= 11 is 0. The van der Waals surface area contributed by atoms with Gasteiger partial charge in [0.15, 0.2) is 0 Å². The Hall–Kier alpha value is -2.93. The normalized spacial score (nSPS) is 14.4. The molecule has 0 atom stereocenters. The molecule has 1 aliphatic rings. The molecule has 7 heteroatoms. The fourth-order valence-corrected chi connectivity index (χ4v) is 3.76. The molecule has 2 amide bonds. The smallest absolute Gasteiger partial charge is 0.253 e. The molecule has 2 heterocycles. The zero-order chi connectivity index (χ0) is 22.2. The van der Waals surface area contributed by atoms with E-state index in [-0.39, 0.29) is 11.8 Å². The molecule has 1 fully saturated rings. The summed E-state index contributed by atoms with van der Waals surface area (Å²) in [6.45, 7) is 10.2. The van der Waals surface area contributed by atoms with Crippen molar-refractivity contribution in [3.63, 3.8) is 0 Å². The van der Waals surface area contributed by atoms with Crippen molar-refractivity contribution in [2.75, 3.05) is 39.3 Å². The number of carbonyl (C=O) groups excluding carboxylic acids is 2. The van der Waals surface area contributed by atoms with Gasteiger partial charge in [-0.2, -0.15) is 0 Å². The fraction of sp³-hybridized carbons (Fsp3) is 0.458. The predicted octanol–water partition coefficient (Wildman–Crippen LogP) is 2.56. The first-order chi connectivity index (χ1) is 15.0. The highest BCUT2D eigenvalue weighted by Gasteiger charge is 2.24. The van der Waals surface area contributed by atoms with E-state index in [4.69, 9.17) is 4.74 Å². The molecule has 0 bridgehead atoms. The van der Waals surface area contributed by atoms with Crippen LogP contribution in [0.5, 0.6) is 5.75 Å². The molecule has 2 aromatic rings. The van der Waals surface area contributed by atoms with Crippen molar-refractivity contribution < 1.29 is 14.3 Å². The molecule has 0 spiro atoms. The maximum absolute atomic E-state index is 13.0. The minimum absolute atomic E-state index is 0.0279. The van der Waals surface area contributed by atoms with Crippen molar-refractivity contribution in [3.05, 3.63) is 58.9 Å². The van der Waals surface area contributed by atoms with Gasteiger partial charge in [0.1, 0.15) is 12.4 Å². The third-order valence-corrected chi connectivity index (χ3v) is 5.41. The Balaban J connectivity index is 1.56. The highest BCUT2D eigenvalue weighted by atomic mass is 16.5. The summed E-state index contributed by atoms with van der Waals surface area (Å²) in [5.41, 5.74) is 3.57. The second-order valence-electron chi connectivity index (χ2n) is 8.01. The van der Waals surface area contributed by atoms with E-state index >= 15 is 0 Å². The van der Waals surface area contributed by atoms with Crippen molar-refractivity contribution in [1.82, 2.24) is 20.1 Å². The minimum atomic E-state index is 0.0279. The van der Waals surface area contributed by atoms with Gasteiger partial charge in [-0.05, 0) is 49.6 Å². The predicted molar refractivity (Wildman–Crippen MR) is 120 cm³/mol. The Morgan fingerprint density at radius 3 is 2.45 bits per heavy atom. The zero-order valence-electron chi connectivity index (χ0n) is 18.7. The molecule has 1 aromatic heterocycles. The van der Waals surface area contributed by atoms with Crippen LogP contribution in [0.1, 0.15) is 40.4 Å². The number of carbonyl (C=O) groups is 2. The molecule has 0 saturated carbocycles. The van der Waals surface area contributed by atoms with E-state index in [0.29, 0.717) is 51.4 Å². The number of hydrogen-bond donors (Lipinski definition) is 1. The molecule has 0 radical (unpaired) electrons. The largest absolute Gasteiger partial charge is 0.488 e. The third-order valence-electron chi connectivity index (χ3n) is 5.41. The SMILES string of the molecule is CCCNC(=O)CN1CCN(C(=O)c2cc(C)c(OCc3cccnc3)c(C)c2)CC1. The fourth-order valence-electron chi connectivity index (χ4n) is 3.76. The van der Waals surface area contributed by atoms with Crippen LogP contribution in [-0.2, 0) is 11.4 Å². The van der Waals surface area contributed by atoms with Crippen LogP contribution < -0.4 is 10.1 Å². The van der Waals surface area contributed by atoms with Crippen molar-refractivity contribution in [2.45, 2.75) is 33.8 Å². The van der Waals surface area contributed by atoms with Gasteiger partial charge < -0.3 is 15.0 Å². The number of aryl methyl sites for hydroxylation is 2. The Morgan fingerprint density at radius 1 is 1.13 bits per heavy atom. The van der Waals surface area contributed by atoms with Crippen LogP contribution in [-0.4, -0.2) is 65.9 Å². The van der Waals surface area contributed by atoms with Crippen molar-refractivity contribution in [2.24, 2.45) is 0 Å². The van der Waals surface area contributed by atoms with Crippen LogP contribution in [0, 0.1) is 13.8 Å². The number of amides is 2. The number of ether oxygens (including phenoxy) is 1. The standard InChI is InChI=1S/C24H32N4O3/c1-4-7-26-22(29)16-27-9-11-28(12-10-27)24(30)21-13-18(2)23(19(3)14-21)31-17-20-6-5-8-25-15-20/h5-6,8,13-15H,4,7,9-12,16-17H2,1-3H3,(H,26,29). The van der Waals surface area contributed by atoms with Crippen LogP contribution in [0.2, 0.25) is 0 Å². The first-order valence-corrected chi connectivity index (χ1v) is 10.9. The van der Waals surface area contributed by atoms with Gasteiger partial charge in [-0.25, -0.2) is 0 Å². The van der Waals surface area contributed by atoms with E-state index in [1.807, 2.05) is 49.9 Å². The molecule has 1 aliphatic heterocycles. The number of rotatable bonds is 8. The molecule has 31 heavy (non-hydrogen) atoms. The number of benzene rings is 1. The lowest BCUT2D eigenvalue weighted by atomic mass is 10.0. The molecule has 3 rings (SSSR count). The summed E-state index contributed by atoms with van der Waals surface area (Å²) in [6.07, 6.45) is 4.46. The number of nitrogens with one attached hydrogen (secondary N) is 1. The first kappa shape index (κ1) is 22.7. The van der Waals surface area contributed by atoms with Crippen LogP contribution in [0.15, 0.2) is 36.7 Å². The second-order valence-corrected chi connectivity index (χ2v) is 8.01. The summed E-state index contributed by atoms with van der Waals surface area (Å²) < 4.78 is 6.00. The molecule has 1 saturated heterocycles. The Bertz CT molecular complexity index is 870. The van der Waals surface area contributed by atoms with Gasteiger partial charge in [-0.1, -0.05) is 13.0 Å². The number of nitrogens with zero attached hydrogens (tertiary/aromatic N) is 3. The lowest BCUT2D eigenvalue weighted by molar-refractivity contribution is -0.122. The van der Waals surface area contributed by atoms with Crippen LogP contribution in [0.4, 0.5) is 0 Å². The minimum Gasteiger partial charge on any atom is -0.488 e. The molecule has 1 aromatic carbocycles. The van der Waals surface area contributed by atoms with Gasteiger partial charge in [-0.3, -0.25) is 19.5 Å². The van der Waals surface area contributed by atoms with Gasteiger partial charge in [-0.15, -0.1) is 0 Å². The second kappa shape index (κ2) is 10.9. The Labute approximate surface area is 184 Å². The van der Waals surface area contributed by atoms with Crippen molar-refractivity contribution >= 4 is 11.8 Å². The quantitative estimate of drug-likeness (QED) is 0.705. The molecular formula is C24H32N4O3. The monoisotopic (exact) mass is 424 g/mol. The van der Waals surface area contributed by atoms with E-state index in [1.54, 1.807) is 12.4 Å². The summed E-state index contributed by atoms with van der Waals surface area (Å²) in [5, 5.41) is 2.90. The number of piperazine rings is 1. The number of hydrogen-bond acceptors (Lipinski definition) is 5. The van der Waals surface area contributed by atoms with E-state index in [9.17, 15) is 9.59 Å². The zero-order valence-corrected chi connectivity index (χ0v) is 18.7. The van der Waals surface area contributed by atoms with Gasteiger partial charge in [0, 0.05) is 56.2 Å². The Morgan fingerprint density at radius 2 is 1.84 bits per heavy atom. The van der Waals surface area contributed by atoms with Crippen LogP contribution in [0.25, 0.3) is 0 Å². The Kier molecular flexibility index (Phi) is 8.00. The highest BCUT2D eigenvalue weighted by molar-refractivity contribution is 5.95. The summed E-state index contributed by atoms with van der Waals surface area (Å²) in [6, 6.07) is 7.66. The summed E-state index contributed by atoms with van der Waals surface area (Å²) in [4.78, 5) is 33.0. The van der Waals surface area contributed by atoms with E-state index < -0.39 is 0 Å².